The average molecular weight is 547 g/mol. The smallest absolute Gasteiger partial charge is 0.340 e. The second-order valence-electron chi connectivity index (χ2n) is 10.3. The molecule has 3 aromatic carbocycles. The molecule has 7 rings (SSSR count). The summed E-state index contributed by atoms with van der Waals surface area (Å²) < 4.78 is 6.65. The molecular weight excluding hydrogens is 520 g/mol. The predicted octanol–water partition coefficient (Wildman–Crippen LogP) is 2.88. The van der Waals surface area contributed by atoms with Crippen molar-refractivity contribution in [2.24, 2.45) is 11.6 Å². The third-order valence-corrected chi connectivity index (χ3v) is 7.85. The highest BCUT2D eigenvalue weighted by atomic mass is 16.5. The van der Waals surface area contributed by atoms with E-state index in [2.05, 4.69) is 0 Å². The van der Waals surface area contributed by atoms with Gasteiger partial charge in [-0.3, -0.25) is 4.79 Å². The molecule has 10 nitrogen and oxygen atoms in total. The van der Waals surface area contributed by atoms with Gasteiger partial charge in [0, 0.05) is 28.4 Å². The molecular formula is C31H26N6O4. The molecule has 0 aliphatic carbocycles. The van der Waals surface area contributed by atoms with Crippen LogP contribution >= 0.6 is 0 Å². The zero-order chi connectivity index (χ0) is 28.4. The van der Waals surface area contributed by atoms with Crippen molar-refractivity contribution in [2.75, 3.05) is 5.73 Å². The highest BCUT2D eigenvalue weighted by Gasteiger charge is 2.35. The lowest BCUT2D eigenvalue weighted by Gasteiger charge is -2.21. The number of aliphatic hydroxyl groups excluding tert-OH is 1. The molecule has 0 saturated heterocycles. The maximum absolute atomic E-state index is 13.6. The van der Waals surface area contributed by atoms with Gasteiger partial charge in [0.05, 0.1) is 41.3 Å². The molecule has 2 aliphatic heterocycles. The number of benzene rings is 3. The van der Waals surface area contributed by atoms with E-state index < -0.39 is 12.1 Å². The first-order valence-electron chi connectivity index (χ1n) is 13.1. The van der Waals surface area contributed by atoms with E-state index in [0.29, 0.717) is 22.8 Å². The van der Waals surface area contributed by atoms with E-state index in [9.17, 15) is 14.7 Å². The van der Waals surface area contributed by atoms with Crippen molar-refractivity contribution >= 4 is 39.0 Å². The number of hydrazine groups is 1. The van der Waals surface area contributed by atoms with E-state index in [1.165, 1.54) is 5.01 Å². The quantitative estimate of drug-likeness (QED) is 0.0856. The SMILES string of the molecule is N/C(=C\N(N)Cc1c2c(nc3ccc4ccccc4c13)-c1cc3c(c(=O)n1C2)COC(=O)C3O)c1ccc(N)cc1. The van der Waals surface area contributed by atoms with Crippen LogP contribution in [0, 0.1) is 0 Å². The molecule has 1 atom stereocenters. The molecule has 0 radical (unpaired) electrons. The second-order valence-corrected chi connectivity index (χ2v) is 10.3. The van der Waals surface area contributed by atoms with Crippen molar-refractivity contribution in [3.05, 3.63) is 111 Å². The summed E-state index contributed by atoms with van der Waals surface area (Å²) in [7, 11) is 0. The van der Waals surface area contributed by atoms with Crippen molar-refractivity contribution in [3.8, 4) is 11.4 Å². The average Bonchev–Trinajstić information content (AvgIpc) is 3.34. The van der Waals surface area contributed by atoms with Gasteiger partial charge in [0.2, 0.25) is 0 Å². The number of carbonyl (C=O) groups excluding carboxylic acids is 1. The maximum Gasteiger partial charge on any atom is 0.340 e. The summed E-state index contributed by atoms with van der Waals surface area (Å²) in [6, 6.07) is 20.9. The Morgan fingerprint density at radius 2 is 1.88 bits per heavy atom. The number of nitrogens with two attached hydrogens (primary N) is 3. The Hall–Kier alpha value is -5.19. The van der Waals surface area contributed by atoms with E-state index in [1.54, 1.807) is 29.0 Å². The van der Waals surface area contributed by atoms with Gasteiger partial charge in [-0.2, -0.15) is 0 Å². The number of ether oxygens (including phenoxy) is 1. The van der Waals surface area contributed by atoms with Crippen LogP contribution in [0.2, 0.25) is 0 Å². The first-order chi connectivity index (χ1) is 19.8. The molecule has 2 aromatic heterocycles. The Labute approximate surface area is 233 Å². The van der Waals surface area contributed by atoms with Crippen molar-refractivity contribution in [1.29, 1.82) is 0 Å². The first kappa shape index (κ1) is 24.8. The van der Waals surface area contributed by atoms with Crippen LogP contribution in [0.15, 0.2) is 77.7 Å². The molecule has 2 aliphatic rings. The van der Waals surface area contributed by atoms with Gasteiger partial charge < -0.3 is 30.9 Å². The second kappa shape index (κ2) is 9.19. The lowest BCUT2D eigenvalue weighted by molar-refractivity contribution is -0.157. The number of esters is 1. The molecule has 0 saturated carbocycles. The van der Waals surface area contributed by atoms with Gasteiger partial charge in [0.25, 0.3) is 5.56 Å². The zero-order valence-electron chi connectivity index (χ0n) is 21.9. The number of aliphatic hydroxyl groups is 1. The predicted molar refractivity (Wildman–Crippen MR) is 156 cm³/mol. The number of aromatic nitrogens is 2. The van der Waals surface area contributed by atoms with Crippen molar-refractivity contribution in [1.82, 2.24) is 14.6 Å². The Morgan fingerprint density at radius 1 is 1.10 bits per heavy atom. The minimum absolute atomic E-state index is 0.181. The molecule has 0 bridgehead atoms. The summed E-state index contributed by atoms with van der Waals surface area (Å²) in [6.07, 6.45) is 0.146. The number of hydrogen-bond donors (Lipinski definition) is 4. The summed E-state index contributed by atoms with van der Waals surface area (Å²) in [6.45, 7) is 0.352. The molecule has 0 fully saturated rings. The lowest BCUT2D eigenvalue weighted by Crippen LogP contribution is -2.32. The molecule has 0 spiro atoms. The van der Waals surface area contributed by atoms with E-state index in [1.807, 2.05) is 48.5 Å². The van der Waals surface area contributed by atoms with Crippen LogP contribution in [0.4, 0.5) is 5.69 Å². The molecule has 10 heteroatoms. The van der Waals surface area contributed by atoms with Gasteiger partial charge in [-0.15, -0.1) is 0 Å². The summed E-state index contributed by atoms with van der Waals surface area (Å²) in [5.41, 5.74) is 17.9. The van der Waals surface area contributed by atoms with Gasteiger partial charge >= 0.3 is 5.97 Å². The Kier molecular flexibility index (Phi) is 5.56. The number of hydrogen-bond acceptors (Lipinski definition) is 9. The molecule has 41 heavy (non-hydrogen) atoms. The molecule has 0 amide bonds. The number of nitrogen functional groups attached to an aromatic ring is 1. The van der Waals surface area contributed by atoms with Crippen LogP contribution in [-0.2, 0) is 29.2 Å². The van der Waals surface area contributed by atoms with Crippen molar-refractivity contribution in [3.63, 3.8) is 0 Å². The van der Waals surface area contributed by atoms with Crippen molar-refractivity contribution < 1.29 is 14.6 Å². The number of cyclic esters (lactones) is 1. The minimum Gasteiger partial charge on any atom is -0.458 e. The summed E-state index contributed by atoms with van der Waals surface area (Å²) in [4.78, 5) is 30.6. The van der Waals surface area contributed by atoms with Crippen LogP contribution in [-0.4, -0.2) is 25.6 Å². The number of fused-ring (bicyclic) bond motifs is 7. The lowest BCUT2D eigenvalue weighted by atomic mass is 9.95. The van der Waals surface area contributed by atoms with Gasteiger partial charge in [0.15, 0.2) is 6.10 Å². The summed E-state index contributed by atoms with van der Waals surface area (Å²) in [5.74, 6) is 5.77. The highest BCUT2D eigenvalue weighted by molar-refractivity contribution is 6.09. The van der Waals surface area contributed by atoms with E-state index in [4.69, 9.17) is 27.0 Å². The monoisotopic (exact) mass is 546 g/mol. The van der Waals surface area contributed by atoms with Gasteiger partial charge in [-0.25, -0.2) is 15.6 Å². The van der Waals surface area contributed by atoms with E-state index >= 15 is 0 Å². The van der Waals surface area contributed by atoms with Crippen LogP contribution in [0.3, 0.4) is 0 Å². The Morgan fingerprint density at radius 3 is 2.68 bits per heavy atom. The van der Waals surface area contributed by atoms with E-state index in [-0.39, 0.29) is 36.4 Å². The van der Waals surface area contributed by atoms with Crippen molar-refractivity contribution in [2.45, 2.75) is 25.8 Å². The minimum atomic E-state index is -1.52. The number of anilines is 1. The molecule has 4 heterocycles. The summed E-state index contributed by atoms with van der Waals surface area (Å²) >= 11 is 0. The summed E-state index contributed by atoms with van der Waals surface area (Å²) in [5, 5.41) is 15.0. The standard InChI is InChI=1S/C31H26N6O4/c32-18-8-5-17(6-9-18)24(33)14-36(34)12-21-22-13-37-26(11-20-23(30(37)39)15-41-31(40)29(20)38)28(22)35-25-10-7-16-3-1-2-4-19(16)27(21)25/h1-11,14,29,38H,12-13,15,32-34H2/b24-14-. The van der Waals surface area contributed by atoms with Crippen LogP contribution in [0.25, 0.3) is 38.8 Å². The van der Waals surface area contributed by atoms with E-state index in [0.717, 1.165) is 38.4 Å². The number of carbonyl (C=O) groups is 1. The fourth-order valence-corrected chi connectivity index (χ4v) is 5.82. The van der Waals surface area contributed by atoms with Crippen LogP contribution < -0.4 is 22.9 Å². The fraction of sp³-hybridized carbons (Fsp3) is 0.129. The zero-order valence-corrected chi connectivity index (χ0v) is 21.9. The molecule has 7 N–H and O–H groups in total. The normalized spacial score (nSPS) is 15.9. The Balaban J connectivity index is 1.42. The molecule has 1 unspecified atom stereocenters. The number of nitrogens with zero attached hydrogens (tertiary/aromatic N) is 3. The van der Waals surface area contributed by atoms with Gasteiger partial charge in [-0.05, 0) is 46.2 Å². The van der Waals surface area contributed by atoms with Gasteiger partial charge in [-0.1, -0.05) is 42.5 Å². The Bertz CT molecular complexity index is 2000. The third-order valence-electron chi connectivity index (χ3n) is 7.85. The van der Waals surface area contributed by atoms with Gasteiger partial charge in [0.1, 0.15) is 6.61 Å². The fourth-order valence-electron chi connectivity index (χ4n) is 5.82. The highest BCUT2D eigenvalue weighted by Crippen LogP contribution is 2.40. The van der Waals surface area contributed by atoms with Crippen LogP contribution in [0.1, 0.15) is 33.9 Å². The maximum atomic E-state index is 13.6. The third kappa shape index (κ3) is 3.92. The molecule has 204 valence electrons. The molecule has 5 aromatic rings. The first-order valence-corrected chi connectivity index (χ1v) is 13.1. The number of pyridine rings is 2. The van der Waals surface area contributed by atoms with Crippen LogP contribution in [0.5, 0.6) is 0 Å². The topological polar surface area (TPSA) is 163 Å². The number of rotatable bonds is 4. The largest absolute Gasteiger partial charge is 0.458 e.